The quantitative estimate of drug-likeness (QED) is 0.765. The van der Waals surface area contributed by atoms with Crippen LogP contribution in [0.1, 0.15) is 43.4 Å². The van der Waals surface area contributed by atoms with Crippen LogP contribution in [-0.4, -0.2) is 17.6 Å². The zero-order chi connectivity index (χ0) is 13.5. The van der Waals surface area contributed by atoms with E-state index in [1.165, 1.54) is 6.07 Å². The number of aliphatic hydroxyl groups is 1. The first-order valence-electron chi connectivity index (χ1n) is 6.21. The van der Waals surface area contributed by atoms with Crippen molar-refractivity contribution >= 4 is 5.91 Å². The summed E-state index contributed by atoms with van der Waals surface area (Å²) in [7, 11) is 0. The second-order valence-corrected chi connectivity index (χ2v) is 4.48. The van der Waals surface area contributed by atoms with E-state index >= 15 is 0 Å². The average Bonchev–Trinajstić information content (AvgIpc) is 2.33. The van der Waals surface area contributed by atoms with Crippen molar-refractivity contribution in [3.63, 3.8) is 0 Å². The maximum atomic E-state index is 13.4. The fourth-order valence-corrected chi connectivity index (χ4v) is 1.67. The van der Waals surface area contributed by atoms with E-state index in [0.717, 1.165) is 5.56 Å². The molecule has 4 heteroatoms. The van der Waals surface area contributed by atoms with Gasteiger partial charge in [0.05, 0.1) is 6.04 Å². The Balaban J connectivity index is 2.51. The molecular formula is C14H20FNO2. The van der Waals surface area contributed by atoms with Gasteiger partial charge in [0.15, 0.2) is 0 Å². The predicted molar refractivity (Wildman–Crippen MR) is 68.6 cm³/mol. The number of rotatable bonds is 6. The van der Waals surface area contributed by atoms with Crippen LogP contribution < -0.4 is 5.32 Å². The van der Waals surface area contributed by atoms with Gasteiger partial charge in [0.25, 0.3) is 0 Å². The molecule has 0 aliphatic heterocycles. The molecule has 1 amide bonds. The topological polar surface area (TPSA) is 49.3 Å². The third-order valence-electron chi connectivity index (χ3n) is 2.89. The van der Waals surface area contributed by atoms with E-state index in [1.807, 2.05) is 13.0 Å². The number of halogens is 1. The Bertz CT molecular complexity index is 407. The number of carbonyl (C=O) groups is 1. The number of aliphatic hydroxyl groups excluding tert-OH is 1. The van der Waals surface area contributed by atoms with Gasteiger partial charge in [0.2, 0.25) is 5.91 Å². The first kappa shape index (κ1) is 14.6. The highest BCUT2D eigenvalue weighted by Crippen LogP contribution is 2.16. The molecule has 100 valence electrons. The second-order valence-electron chi connectivity index (χ2n) is 4.48. The molecular weight excluding hydrogens is 233 g/mol. The highest BCUT2D eigenvalue weighted by Gasteiger charge is 2.10. The highest BCUT2D eigenvalue weighted by atomic mass is 19.1. The summed E-state index contributed by atoms with van der Waals surface area (Å²) < 4.78 is 13.4. The minimum absolute atomic E-state index is 0.0723. The predicted octanol–water partition coefficient (Wildman–Crippen LogP) is 2.47. The molecule has 0 aliphatic rings. The second kappa shape index (κ2) is 7.11. The molecule has 0 saturated carbocycles. The summed E-state index contributed by atoms with van der Waals surface area (Å²) in [5.74, 6) is -0.328. The standard InChI is InChI=1S/C14H20FNO2/c1-10-6-7-12(9-13(10)15)11(2)16-14(18)5-3-4-8-17/h6-7,9,11,17H,3-5,8H2,1-2H3,(H,16,18). The lowest BCUT2D eigenvalue weighted by Crippen LogP contribution is -2.26. The normalized spacial score (nSPS) is 12.2. The van der Waals surface area contributed by atoms with Gasteiger partial charge in [-0.05, 0) is 43.9 Å². The summed E-state index contributed by atoms with van der Waals surface area (Å²) in [5, 5.41) is 11.4. The number of nitrogens with one attached hydrogen (secondary N) is 1. The van der Waals surface area contributed by atoms with E-state index in [4.69, 9.17) is 5.11 Å². The molecule has 0 aliphatic carbocycles. The van der Waals surface area contributed by atoms with Gasteiger partial charge < -0.3 is 10.4 Å². The first-order valence-corrected chi connectivity index (χ1v) is 6.21. The monoisotopic (exact) mass is 253 g/mol. The maximum Gasteiger partial charge on any atom is 0.220 e. The van der Waals surface area contributed by atoms with Gasteiger partial charge in [-0.3, -0.25) is 4.79 Å². The van der Waals surface area contributed by atoms with Crippen LogP contribution >= 0.6 is 0 Å². The van der Waals surface area contributed by atoms with Crippen molar-refractivity contribution in [2.75, 3.05) is 6.61 Å². The number of benzene rings is 1. The lowest BCUT2D eigenvalue weighted by Gasteiger charge is -2.15. The number of hydrogen-bond donors (Lipinski definition) is 2. The van der Waals surface area contributed by atoms with Crippen LogP contribution in [-0.2, 0) is 4.79 Å². The van der Waals surface area contributed by atoms with E-state index in [-0.39, 0.29) is 24.4 Å². The molecule has 2 N–H and O–H groups in total. The number of carbonyl (C=O) groups excluding carboxylic acids is 1. The summed E-state index contributed by atoms with van der Waals surface area (Å²) in [4.78, 5) is 11.6. The number of aryl methyl sites for hydroxylation is 1. The lowest BCUT2D eigenvalue weighted by molar-refractivity contribution is -0.121. The van der Waals surface area contributed by atoms with Crippen LogP contribution in [0.15, 0.2) is 18.2 Å². The summed E-state index contributed by atoms with van der Waals surface area (Å²) >= 11 is 0. The third-order valence-corrected chi connectivity index (χ3v) is 2.89. The molecule has 0 radical (unpaired) electrons. The smallest absolute Gasteiger partial charge is 0.220 e. The van der Waals surface area contributed by atoms with Crippen LogP contribution in [0.3, 0.4) is 0 Å². The van der Waals surface area contributed by atoms with Crippen molar-refractivity contribution in [2.45, 2.75) is 39.2 Å². The van der Waals surface area contributed by atoms with Crippen molar-refractivity contribution in [3.05, 3.63) is 35.1 Å². The molecule has 0 spiro atoms. The Morgan fingerprint density at radius 3 is 2.78 bits per heavy atom. The van der Waals surface area contributed by atoms with Gasteiger partial charge in [0, 0.05) is 13.0 Å². The van der Waals surface area contributed by atoms with Gasteiger partial charge in [-0.15, -0.1) is 0 Å². The summed E-state index contributed by atoms with van der Waals surface area (Å²) in [5.41, 5.74) is 1.36. The minimum atomic E-state index is -0.256. The molecule has 3 nitrogen and oxygen atoms in total. The highest BCUT2D eigenvalue weighted by molar-refractivity contribution is 5.76. The largest absolute Gasteiger partial charge is 0.396 e. The van der Waals surface area contributed by atoms with Gasteiger partial charge in [-0.1, -0.05) is 12.1 Å². The molecule has 0 aromatic heterocycles. The molecule has 0 saturated heterocycles. The average molecular weight is 253 g/mol. The van der Waals surface area contributed by atoms with Crippen LogP contribution in [0.4, 0.5) is 4.39 Å². The van der Waals surface area contributed by atoms with Gasteiger partial charge >= 0.3 is 0 Å². The fraction of sp³-hybridized carbons (Fsp3) is 0.500. The Hall–Kier alpha value is -1.42. The molecule has 18 heavy (non-hydrogen) atoms. The molecule has 1 rings (SSSR count). The minimum Gasteiger partial charge on any atom is -0.396 e. The number of amides is 1. The lowest BCUT2D eigenvalue weighted by atomic mass is 10.1. The maximum absolute atomic E-state index is 13.4. The number of hydrogen-bond acceptors (Lipinski definition) is 2. The van der Waals surface area contributed by atoms with E-state index < -0.39 is 0 Å². The Kier molecular flexibility index (Phi) is 5.78. The Morgan fingerprint density at radius 1 is 1.44 bits per heavy atom. The first-order chi connectivity index (χ1) is 8.54. The van der Waals surface area contributed by atoms with Gasteiger partial charge in [-0.25, -0.2) is 4.39 Å². The van der Waals surface area contributed by atoms with Gasteiger partial charge in [0.1, 0.15) is 5.82 Å². The fourth-order valence-electron chi connectivity index (χ4n) is 1.67. The van der Waals surface area contributed by atoms with E-state index in [0.29, 0.717) is 24.8 Å². The Labute approximate surface area is 107 Å². The van der Waals surface area contributed by atoms with E-state index in [9.17, 15) is 9.18 Å². The SMILES string of the molecule is Cc1ccc(C(C)NC(=O)CCCCO)cc1F. The third kappa shape index (κ3) is 4.45. The van der Waals surface area contributed by atoms with Crippen LogP contribution in [0.5, 0.6) is 0 Å². The zero-order valence-corrected chi connectivity index (χ0v) is 10.9. The molecule has 0 fully saturated rings. The van der Waals surface area contributed by atoms with Crippen molar-refractivity contribution < 1.29 is 14.3 Å². The van der Waals surface area contributed by atoms with E-state index in [1.54, 1.807) is 13.0 Å². The van der Waals surface area contributed by atoms with Crippen molar-refractivity contribution in [1.82, 2.24) is 5.32 Å². The molecule has 1 atom stereocenters. The molecule has 0 bridgehead atoms. The number of unbranched alkanes of at least 4 members (excludes halogenated alkanes) is 1. The summed E-state index contributed by atoms with van der Waals surface area (Å²) in [6, 6.07) is 4.77. The van der Waals surface area contributed by atoms with Crippen LogP contribution in [0.25, 0.3) is 0 Å². The van der Waals surface area contributed by atoms with Crippen molar-refractivity contribution in [3.8, 4) is 0 Å². The van der Waals surface area contributed by atoms with Crippen molar-refractivity contribution in [1.29, 1.82) is 0 Å². The molecule has 0 heterocycles. The zero-order valence-electron chi connectivity index (χ0n) is 10.9. The molecule has 1 unspecified atom stereocenters. The van der Waals surface area contributed by atoms with E-state index in [2.05, 4.69) is 5.32 Å². The summed E-state index contributed by atoms with van der Waals surface area (Å²) in [6.07, 6.45) is 1.68. The molecule has 1 aromatic carbocycles. The van der Waals surface area contributed by atoms with Crippen LogP contribution in [0.2, 0.25) is 0 Å². The summed E-state index contributed by atoms with van der Waals surface area (Å²) in [6.45, 7) is 3.64. The Morgan fingerprint density at radius 2 is 2.17 bits per heavy atom. The van der Waals surface area contributed by atoms with Gasteiger partial charge in [-0.2, -0.15) is 0 Å². The molecule has 1 aromatic rings. The van der Waals surface area contributed by atoms with Crippen molar-refractivity contribution in [2.24, 2.45) is 0 Å². The van der Waals surface area contributed by atoms with Crippen LogP contribution in [0, 0.1) is 12.7 Å².